The maximum atomic E-state index is 12.9. The molecule has 0 unspecified atom stereocenters. The van der Waals surface area contributed by atoms with Gasteiger partial charge in [-0.3, -0.25) is 19.3 Å². The zero-order chi connectivity index (χ0) is 25.9. The Balaban J connectivity index is 1.26. The third kappa shape index (κ3) is 4.82. The van der Waals surface area contributed by atoms with Gasteiger partial charge in [-0.25, -0.2) is 4.79 Å². The number of hydrogen-bond donors (Lipinski definition) is 0. The third-order valence-corrected chi connectivity index (χ3v) is 6.67. The van der Waals surface area contributed by atoms with Gasteiger partial charge in [-0.1, -0.05) is 30.3 Å². The van der Waals surface area contributed by atoms with Crippen molar-refractivity contribution < 1.29 is 28.7 Å². The first-order valence-electron chi connectivity index (χ1n) is 12.1. The van der Waals surface area contributed by atoms with Gasteiger partial charge in [0.05, 0.1) is 24.8 Å². The first-order valence-corrected chi connectivity index (χ1v) is 12.1. The molecule has 0 atom stereocenters. The van der Waals surface area contributed by atoms with Crippen molar-refractivity contribution in [3.05, 3.63) is 100 Å². The smallest absolute Gasteiger partial charge is 0.342 e. The normalized spacial score (nSPS) is 14.6. The van der Waals surface area contributed by atoms with Gasteiger partial charge in [-0.2, -0.15) is 0 Å². The van der Waals surface area contributed by atoms with Crippen LogP contribution in [0.3, 0.4) is 0 Å². The molecule has 0 aromatic heterocycles. The number of nitrogens with zero attached hydrogens (tertiary/aromatic N) is 2. The fourth-order valence-corrected chi connectivity index (χ4v) is 4.65. The lowest BCUT2D eigenvalue weighted by molar-refractivity contribution is 0.0468. The molecule has 2 aliphatic heterocycles. The molecule has 1 fully saturated rings. The molecular weight excluding hydrogens is 472 g/mol. The predicted molar refractivity (Wildman–Crippen MR) is 134 cm³/mol. The van der Waals surface area contributed by atoms with Crippen molar-refractivity contribution in [1.82, 2.24) is 9.80 Å². The molecule has 0 bridgehead atoms. The van der Waals surface area contributed by atoms with Crippen LogP contribution in [-0.2, 0) is 17.9 Å². The van der Waals surface area contributed by atoms with Gasteiger partial charge in [0.15, 0.2) is 0 Å². The molecule has 37 heavy (non-hydrogen) atoms. The molecule has 5 rings (SSSR count). The fourth-order valence-electron chi connectivity index (χ4n) is 4.65. The molecule has 188 valence electrons. The number of imide groups is 1. The van der Waals surface area contributed by atoms with Gasteiger partial charge < -0.3 is 14.4 Å². The maximum Gasteiger partial charge on any atom is 0.342 e. The van der Waals surface area contributed by atoms with Crippen LogP contribution >= 0.6 is 0 Å². The Labute approximate surface area is 214 Å². The van der Waals surface area contributed by atoms with Gasteiger partial charge in [0, 0.05) is 18.7 Å². The predicted octanol–water partition coefficient (Wildman–Crippen LogP) is 4.08. The van der Waals surface area contributed by atoms with Crippen LogP contribution in [0, 0.1) is 0 Å². The number of likely N-dealkylation sites (tertiary alicyclic amines) is 1. The largest absolute Gasteiger partial charge is 0.496 e. The zero-order valence-electron chi connectivity index (χ0n) is 20.4. The Bertz CT molecular complexity index is 1340. The second-order valence-corrected chi connectivity index (χ2v) is 9.05. The van der Waals surface area contributed by atoms with Crippen LogP contribution in [0.25, 0.3) is 0 Å². The van der Waals surface area contributed by atoms with Gasteiger partial charge in [-0.15, -0.1) is 0 Å². The van der Waals surface area contributed by atoms with E-state index in [1.54, 1.807) is 66.7 Å². The minimum atomic E-state index is -0.599. The SMILES string of the molecule is COc1ccc(CN2C(=O)c3ccccc3C2=O)cc1C(=O)OCc1ccc(C(=O)N2CCCC2)cc1. The third-order valence-electron chi connectivity index (χ3n) is 6.67. The monoisotopic (exact) mass is 498 g/mol. The molecule has 0 N–H and O–H groups in total. The lowest BCUT2D eigenvalue weighted by Gasteiger charge is -2.16. The standard InChI is InChI=1S/C29H26N2O6/c1-36-25-13-10-20(17-31-27(33)22-6-2-3-7-23(22)28(31)34)16-24(25)29(35)37-18-19-8-11-21(12-9-19)26(32)30-14-4-5-15-30/h2-3,6-13,16H,4-5,14-15,17-18H2,1H3. The van der Waals surface area contributed by atoms with E-state index in [0.29, 0.717) is 28.0 Å². The molecular formula is C29H26N2O6. The molecule has 2 heterocycles. The van der Waals surface area contributed by atoms with Gasteiger partial charge in [0.1, 0.15) is 17.9 Å². The highest BCUT2D eigenvalue weighted by molar-refractivity contribution is 6.21. The van der Waals surface area contributed by atoms with Crippen molar-refractivity contribution in [1.29, 1.82) is 0 Å². The molecule has 3 aromatic rings. The van der Waals surface area contributed by atoms with Crippen molar-refractivity contribution in [2.45, 2.75) is 26.0 Å². The van der Waals surface area contributed by atoms with E-state index in [0.717, 1.165) is 36.4 Å². The minimum absolute atomic E-state index is 0.0145. The number of benzene rings is 3. The highest BCUT2D eigenvalue weighted by Crippen LogP contribution is 2.27. The van der Waals surface area contributed by atoms with Crippen molar-refractivity contribution >= 4 is 23.7 Å². The minimum Gasteiger partial charge on any atom is -0.496 e. The van der Waals surface area contributed by atoms with E-state index in [4.69, 9.17) is 9.47 Å². The van der Waals surface area contributed by atoms with E-state index < -0.39 is 5.97 Å². The van der Waals surface area contributed by atoms with Gasteiger partial charge in [-0.05, 0) is 60.4 Å². The molecule has 0 spiro atoms. The van der Waals surface area contributed by atoms with Crippen molar-refractivity contribution in [3.63, 3.8) is 0 Å². The average Bonchev–Trinajstić information content (AvgIpc) is 3.56. The van der Waals surface area contributed by atoms with Crippen LogP contribution in [0.1, 0.15) is 65.4 Å². The summed E-state index contributed by atoms with van der Waals surface area (Å²) in [6, 6.07) is 18.6. The van der Waals surface area contributed by atoms with Crippen molar-refractivity contribution in [3.8, 4) is 5.75 Å². The first-order chi connectivity index (χ1) is 18.0. The Morgan fingerprint density at radius 2 is 1.46 bits per heavy atom. The number of amides is 3. The quantitative estimate of drug-likeness (QED) is 0.360. The Hall–Kier alpha value is -4.46. The van der Waals surface area contributed by atoms with E-state index >= 15 is 0 Å². The van der Waals surface area contributed by atoms with Gasteiger partial charge in [0.2, 0.25) is 0 Å². The van der Waals surface area contributed by atoms with Crippen LogP contribution < -0.4 is 4.74 Å². The summed E-state index contributed by atoms with van der Waals surface area (Å²) in [4.78, 5) is 53.9. The van der Waals surface area contributed by atoms with Crippen LogP contribution in [0.4, 0.5) is 0 Å². The molecule has 8 nitrogen and oxygen atoms in total. The Morgan fingerprint density at radius 1 is 0.838 bits per heavy atom. The van der Waals surface area contributed by atoms with Crippen LogP contribution in [-0.4, -0.2) is 53.7 Å². The number of ether oxygens (including phenoxy) is 2. The van der Waals surface area contributed by atoms with E-state index in [2.05, 4.69) is 0 Å². The number of rotatable bonds is 7. The number of fused-ring (bicyclic) bond motifs is 1. The van der Waals surface area contributed by atoms with Crippen molar-refractivity contribution in [2.75, 3.05) is 20.2 Å². The van der Waals surface area contributed by atoms with Crippen LogP contribution in [0.5, 0.6) is 5.75 Å². The molecule has 8 heteroatoms. The second-order valence-electron chi connectivity index (χ2n) is 9.05. The summed E-state index contributed by atoms with van der Waals surface area (Å²) < 4.78 is 10.8. The highest BCUT2D eigenvalue weighted by Gasteiger charge is 2.35. The molecule has 0 aliphatic carbocycles. The first kappa shape index (κ1) is 24.2. The number of carbonyl (C=O) groups is 4. The summed E-state index contributed by atoms with van der Waals surface area (Å²) in [7, 11) is 1.45. The number of esters is 1. The van der Waals surface area contributed by atoms with E-state index in [-0.39, 0.29) is 36.4 Å². The van der Waals surface area contributed by atoms with Crippen LogP contribution in [0.15, 0.2) is 66.7 Å². The van der Waals surface area contributed by atoms with E-state index in [1.165, 1.54) is 7.11 Å². The number of carbonyl (C=O) groups excluding carboxylic acids is 4. The second kappa shape index (κ2) is 10.3. The highest BCUT2D eigenvalue weighted by atomic mass is 16.5. The van der Waals surface area contributed by atoms with Gasteiger partial charge >= 0.3 is 5.97 Å². The molecule has 0 radical (unpaired) electrons. The van der Waals surface area contributed by atoms with Crippen LogP contribution in [0.2, 0.25) is 0 Å². The summed E-state index contributed by atoms with van der Waals surface area (Å²) >= 11 is 0. The van der Waals surface area contributed by atoms with E-state index in [9.17, 15) is 19.2 Å². The lowest BCUT2D eigenvalue weighted by atomic mass is 10.1. The maximum absolute atomic E-state index is 12.9. The molecule has 2 aliphatic rings. The Morgan fingerprint density at radius 3 is 2.08 bits per heavy atom. The summed E-state index contributed by atoms with van der Waals surface area (Å²) in [5.41, 5.74) is 2.87. The topological polar surface area (TPSA) is 93.2 Å². The zero-order valence-corrected chi connectivity index (χ0v) is 20.4. The summed E-state index contributed by atoms with van der Waals surface area (Å²) in [5, 5.41) is 0. The fraction of sp³-hybridized carbons (Fsp3) is 0.241. The number of hydrogen-bond acceptors (Lipinski definition) is 6. The molecule has 1 saturated heterocycles. The molecule has 3 amide bonds. The van der Waals surface area contributed by atoms with Gasteiger partial charge in [0.25, 0.3) is 17.7 Å². The average molecular weight is 499 g/mol. The summed E-state index contributed by atoms with van der Waals surface area (Å²) in [6.07, 6.45) is 2.06. The number of methoxy groups -OCH3 is 1. The van der Waals surface area contributed by atoms with E-state index in [1.807, 2.05) is 4.90 Å². The summed E-state index contributed by atoms with van der Waals surface area (Å²) in [5.74, 6) is -0.999. The lowest BCUT2D eigenvalue weighted by Crippen LogP contribution is -2.29. The van der Waals surface area contributed by atoms with Crippen molar-refractivity contribution in [2.24, 2.45) is 0 Å². The molecule has 3 aromatic carbocycles. The Kier molecular flexibility index (Phi) is 6.72. The molecule has 0 saturated carbocycles. The summed E-state index contributed by atoms with van der Waals surface area (Å²) in [6.45, 7) is 1.60.